The Labute approximate surface area is 140 Å². The predicted octanol–water partition coefficient (Wildman–Crippen LogP) is 3.52. The van der Waals surface area contributed by atoms with Gasteiger partial charge in [-0.2, -0.15) is 0 Å². The Morgan fingerprint density at radius 2 is 2.12 bits per heavy atom. The first-order valence-electron chi connectivity index (χ1n) is 7.95. The van der Waals surface area contributed by atoms with E-state index in [-0.39, 0.29) is 11.7 Å². The number of likely N-dealkylation sites (tertiary alicyclic amines) is 1. The van der Waals surface area contributed by atoms with E-state index in [2.05, 4.69) is 4.90 Å². The molecule has 3 rings (SSSR count). The van der Waals surface area contributed by atoms with Crippen molar-refractivity contribution in [3.05, 3.63) is 65.0 Å². The largest absolute Gasteiger partial charge is 0.497 e. The molecule has 1 atom stereocenters. The van der Waals surface area contributed by atoms with Gasteiger partial charge in [0.1, 0.15) is 11.6 Å². The van der Waals surface area contributed by atoms with Crippen LogP contribution < -0.4 is 4.74 Å². The van der Waals surface area contributed by atoms with Gasteiger partial charge in [0, 0.05) is 24.7 Å². The molecule has 0 amide bonds. The Kier molecular flexibility index (Phi) is 4.81. The smallest absolute Gasteiger partial charge is 0.335 e. The van der Waals surface area contributed by atoms with Crippen molar-refractivity contribution >= 4 is 5.97 Å². The summed E-state index contributed by atoms with van der Waals surface area (Å²) < 4.78 is 19.1. The maximum absolute atomic E-state index is 14.1. The highest BCUT2D eigenvalue weighted by atomic mass is 19.1. The molecule has 1 saturated heterocycles. The molecule has 0 radical (unpaired) electrons. The van der Waals surface area contributed by atoms with Crippen LogP contribution in [0.15, 0.2) is 42.5 Å². The van der Waals surface area contributed by atoms with E-state index >= 15 is 0 Å². The minimum Gasteiger partial charge on any atom is -0.497 e. The zero-order chi connectivity index (χ0) is 17.1. The van der Waals surface area contributed by atoms with Gasteiger partial charge in [-0.05, 0) is 36.6 Å². The van der Waals surface area contributed by atoms with E-state index in [0.29, 0.717) is 23.4 Å². The minimum atomic E-state index is -0.898. The fourth-order valence-electron chi connectivity index (χ4n) is 3.30. The lowest BCUT2D eigenvalue weighted by molar-refractivity contribution is 0.0695. The molecule has 4 nitrogen and oxygen atoms in total. The van der Waals surface area contributed by atoms with Gasteiger partial charge in [-0.1, -0.05) is 24.3 Å². The molecule has 1 N–H and O–H groups in total. The van der Waals surface area contributed by atoms with Crippen molar-refractivity contribution in [1.29, 1.82) is 0 Å². The molecule has 24 heavy (non-hydrogen) atoms. The second kappa shape index (κ2) is 7.01. The molecule has 0 bridgehead atoms. The van der Waals surface area contributed by atoms with E-state index in [1.54, 1.807) is 24.3 Å². The van der Waals surface area contributed by atoms with Crippen LogP contribution in [0.3, 0.4) is 0 Å². The highest BCUT2D eigenvalue weighted by molar-refractivity contribution is 5.89. The summed E-state index contributed by atoms with van der Waals surface area (Å²) in [5, 5.41) is 9.34. The van der Waals surface area contributed by atoms with Crippen LogP contribution in [-0.4, -0.2) is 36.2 Å². The van der Waals surface area contributed by atoms with Crippen LogP contribution in [0.2, 0.25) is 0 Å². The SMILES string of the molecule is COc1ccc(CN2CCC(c3ccccc3C(=O)O)C2)c(F)c1. The summed E-state index contributed by atoms with van der Waals surface area (Å²) in [6, 6.07) is 12.0. The zero-order valence-electron chi connectivity index (χ0n) is 13.5. The van der Waals surface area contributed by atoms with Crippen molar-refractivity contribution in [2.75, 3.05) is 20.2 Å². The number of carboxylic acids is 1. The lowest BCUT2D eigenvalue weighted by Crippen LogP contribution is -2.21. The molecule has 0 aliphatic carbocycles. The van der Waals surface area contributed by atoms with Gasteiger partial charge < -0.3 is 9.84 Å². The quantitative estimate of drug-likeness (QED) is 0.912. The number of methoxy groups -OCH3 is 1. The Morgan fingerprint density at radius 3 is 2.83 bits per heavy atom. The lowest BCUT2D eigenvalue weighted by Gasteiger charge is -2.18. The molecule has 1 heterocycles. The molecule has 1 aliphatic rings. The van der Waals surface area contributed by atoms with E-state index in [4.69, 9.17) is 4.74 Å². The second-order valence-electron chi connectivity index (χ2n) is 6.07. The van der Waals surface area contributed by atoms with Gasteiger partial charge in [0.2, 0.25) is 0 Å². The second-order valence-corrected chi connectivity index (χ2v) is 6.07. The minimum absolute atomic E-state index is 0.165. The van der Waals surface area contributed by atoms with Crippen LogP contribution in [-0.2, 0) is 6.54 Å². The van der Waals surface area contributed by atoms with Crippen molar-refractivity contribution in [3.8, 4) is 5.75 Å². The molecule has 1 fully saturated rings. The monoisotopic (exact) mass is 329 g/mol. The van der Waals surface area contributed by atoms with Crippen LogP contribution >= 0.6 is 0 Å². The molecule has 126 valence electrons. The topological polar surface area (TPSA) is 49.8 Å². The first kappa shape index (κ1) is 16.5. The maximum atomic E-state index is 14.1. The average Bonchev–Trinajstić information content (AvgIpc) is 3.05. The number of hydrogen-bond donors (Lipinski definition) is 1. The molecule has 0 spiro atoms. The highest BCUT2D eigenvalue weighted by Crippen LogP contribution is 2.31. The Morgan fingerprint density at radius 1 is 1.33 bits per heavy atom. The number of carbonyl (C=O) groups is 1. The summed E-state index contributed by atoms with van der Waals surface area (Å²) >= 11 is 0. The molecule has 5 heteroatoms. The van der Waals surface area contributed by atoms with Crippen LogP contribution in [0, 0.1) is 5.82 Å². The van der Waals surface area contributed by atoms with Crippen molar-refractivity contribution in [1.82, 2.24) is 4.90 Å². The zero-order valence-corrected chi connectivity index (χ0v) is 13.5. The summed E-state index contributed by atoms with van der Waals surface area (Å²) in [5.74, 6) is -0.501. The summed E-state index contributed by atoms with van der Waals surface area (Å²) in [6.07, 6.45) is 0.877. The average molecular weight is 329 g/mol. The summed E-state index contributed by atoms with van der Waals surface area (Å²) in [5.41, 5.74) is 1.85. The Bertz CT molecular complexity index is 747. The molecule has 1 unspecified atom stereocenters. The standard InChI is InChI=1S/C19H20FNO3/c1-24-15-7-6-14(18(20)10-15)12-21-9-8-13(11-21)16-4-2-3-5-17(16)19(22)23/h2-7,10,13H,8-9,11-12H2,1H3,(H,22,23). The molecular formula is C19H20FNO3. The molecule has 0 aromatic heterocycles. The fourth-order valence-corrected chi connectivity index (χ4v) is 3.30. The lowest BCUT2D eigenvalue weighted by atomic mass is 9.93. The number of rotatable bonds is 5. The number of hydrogen-bond acceptors (Lipinski definition) is 3. The number of nitrogens with zero attached hydrogens (tertiary/aromatic N) is 1. The number of benzene rings is 2. The Hall–Kier alpha value is -2.40. The summed E-state index contributed by atoms with van der Waals surface area (Å²) in [4.78, 5) is 13.5. The number of halogens is 1. The predicted molar refractivity (Wildman–Crippen MR) is 89.0 cm³/mol. The van der Waals surface area contributed by atoms with Gasteiger partial charge in [0.05, 0.1) is 12.7 Å². The van der Waals surface area contributed by atoms with Gasteiger partial charge in [0.15, 0.2) is 0 Å². The van der Waals surface area contributed by atoms with Crippen LogP contribution in [0.25, 0.3) is 0 Å². The van der Waals surface area contributed by atoms with Gasteiger partial charge in [-0.3, -0.25) is 4.90 Å². The first-order valence-corrected chi connectivity index (χ1v) is 7.95. The van der Waals surface area contributed by atoms with Crippen molar-refractivity contribution in [3.63, 3.8) is 0 Å². The maximum Gasteiger partial charge on any atom is 0.335 e. The first-order chi connectivity index (χ1) is 11.6. The Balaban J connectivity index is 1.71. The molecule has 2 aromatic rings. The highest BCUT2D eigenvalue weighted by Gasteiger charge is 2.27. The van der Waals surface area contributed by atoms with Crippen molar-refractivity contribution in [2.45, 2.75) is 18.9 Å². The third-order valence-corrected chi connectivity index (χ3v) is 4.56. The third-order valence-electron chi connectivity index (χ3n) is 4.56. The number of carboxylic acid groups (broad SMARTS) is 1. The fraction of sp³-hybridized carbons (Fsp3) is 0.316. The summed E-state index contributed by atoms with van der Waals surface area (Å²) in [6.45, 7) is 2.07. The molecule has 2 aromatic carbocycles. The van der Waals surface area contributed by atoms with Crippen LogP contribution in [0.1, 0.15) is 33.8 Å². The van der Waals surface area contributed by atoms with Gasteiger partial charge in [0.25, 0.3) is 0 Å². The van der Waals surface area contributed by atoms with Crippen molar-refractivity contribution in [2.24, 2.45) is 0 Å². The molecule has 1 aliphatic heterocycles. The molecule has 0 saturated carbocycles. The van der Waals surface area contributed by atoms with Crippen LogP contribution in [0.5, 0.6) is 5.75 Å². The van der Waals surface area contributed by atoms with Gasteiger partial charge in [-0.15, -0.1) is 0 Å². The van der Waals surface area contributed by atoms with E-state index < -0.39 is 5.97 Å². The van der Waals surface area contributed by atoms with Crippen molar-refractivity contribution < 1.29 is 19.0 Å². The van der Waals surface area contributed by atoms with E-state index in [0.717, 1.165) is 25.1 Å². The normalized spacial score (nSPS) is 17.8. The number of aromatic carboxylic acids is 1. The van der Waals surface area contributed by atoms with E-state index in [1.165, 1.54) is 13.2 Å². The van der Waals surface area contributed by atoms with E-state index in [9.17, 15) is 14.3 Å². The molecular weight excluding hydrogens is 309 g/mol. The van der Waals surface area contributed by atoms with Gasteiger partial charge >= 0.3 is 5.97 Å². The van der Waals surface area contributed by atoms with Crippen LogP contribution in [0.4, 0.5) is 4.39 Å². The van der Waals surface area contributed by atoms with E-state index in [1.807, 2.05) is 12.1 Å². The third kappa shape index (κ3) is 3.41. The van der Waals surface area contributed by atoms with Gasteiger partial charge in [-0.25, -0.2) is 9.18 Å². The summed E-state index contributed by atoms with van der Waals surface area (Å²) in [7, 11) is 1.51. The number of ether oxygens (including phenoxy) is 1.